The molecule has 3 aromatic carbocycles. The number of nitrogens with zero attached hydrogens (tertiary/aromatic N) is 1. The lowest BCUT2D eigenvalue weighted by Gasteiger charge is -2.15. The van der Waals surface area contributed by atoms with Crippen LogP contribution in [-0.4, -0.2) is 37.9 Å². The number of benzene rings is 3. The molecule has 0 fully saturated rings. The number of anilines is 1. The van der Waals surface area contributed by atoms with Gasteiger partial charge in [-0.1, -0.05) is 36.4 Å². The number of rotatable bonds is 5. The molecule has 3 aromatic rings. The van der Waals surface area contributed by atoms with Crippen molar-refractivity contribution in [3.63, 3.8) is 0 Å². The molecular formula is C24H24N2O3. The third kappa shape index (κ3) is 4.29. The van der Waals surface area contributed by atoms with Crippen molar-refractivity contribution in [3.8, 4) is 16.9 Å². The highest BCUT2D eigenvalue weighted by atomic mass is 16.5. The Morgan fingerprint density at radius 3 is 2.24 bits per heavy atom. The molecule has 5 heteroatoms. The molecule has 0 atom stereocenters. The molecule has 0 aliphatic rings. The second-order valence-electron chi connectivity index (χ2n) is 6.91. The SMILES string of the molecule is COc1ccccc1-c1ccc(C(=O)Nc2cccc(C(=O)N(C)C)c2C)cc1. The van der Waals surface area contributed by atoms with Gasteiger partial charge in [-0.15, -0.1) is 0 Å². The molecule has 2 amide bonds. The third-order valence-electron chi connectivity index (χ3n) is 4.78. The van der Waals surface area contributed by atoms with Gasteiger partial charge in [-0.2, -0.15) is 0 Å². The molecule has 0 spiro atoms. The van der Waals surface area contributed by atoms with Crippen LogP contribution in [0.2, 0.25) is 0 Å². The summed E-state index contributed by atoms with van der Waals surface area (Å²) in [5, 5.41) is 2.91. The van der Waals surface area contributed by atoms with Crippen LogP contribution in [0.15, 0.2) is 66.7 Å². The molecule has 5 nitrogen and oxygen atoms in total. The van der Waals surface area contributed by atoms with Gasteiger partial charge in [-0.25, -0.2) is 0 Å². The van der Waals surface area contributed by atoms with Gasteiger partial charge in [0.25, 0.3) is 11.8 Å². The van der Waals surface area contributed by atoms with E-state index < -0.39 is 0 Å². The molecule has 0 radical (unpaired) electrons. The molecule has 0 aromatic heterocycles. The second-order valence-corrected chi connectivity index (χ2v) is 6.91. The predicted octanol–water partition coefficient (Wildman–Crippen LogP) is 4.62. The Morgan fingerprint density at radius 2 is 1.59 bits per heavy atom. The van der Waals surface area contributed by atoms with Crippen molar-refractivity contribution in [2.75, 3.05) is 26.5 Å². The van der Waals surface area contributed by atoms with Gasteiger partial charge in [-0.3, -0.25) is 9.59 Å². The Hall–Kier alpha value is -3.60. The standard InChI is InChI=1S/C24H24N2O3/c1-16-19(24(28)26(2)3)9-7-10-21(16)25-23(27)18-14-12-17(13-15-18)20-8-5-6-11-22(20)29-4/h5-15H,1-4H3,(H,25,27). The van der Waals surface area contributed by atoms with Crippen molar-refractivity contribution in [2.24, 2.45) is 0 Å². The van der Waals surface area contributed by atoms with Crippen LogP contribution >= 0.6 is 0 Å². The van der Waals surface area contributed by atoms with Crippen molar-refractivity contribution >= 4 is 17.5 Å². The van der Waals surface area contributed by atoms with Gasteiger partial charge >= 0.3 is 0 Å². The minimum atomic E-state index is -0.228. The van der Waals surface area contributed by atoms with Crippen molar-refractivity contribution in [1.82, 2.24) is 4.90 Å². The van der Waals surface area contributed by atoms with Crippen LogP contribution in [0.1, 0.15) is 26.3 Å². The Labute approximate surface area is 170 Å². The zero-order valence-corrected chi connectivity index (χ0v) is 17.0. The van der Waals surface area contributed by atoms with Crippen molar-refractivity contribution in [3.05, 3.63) is 83.4 Å². The Kier molecular flexibility index (Phi) is 5.98. The lowest BCUT2D eigenvalue weighted by atomic mass is 10.0. The first-order valence-electron chi connectivity index (χ1n) is 9.28. The van der Waals surface area contributed by atoms with Gasteiger partial charge in [-0.05, 0) is 48.4 Å². The van der Waals surface area contributed by atoms with Crippen molar-refractivity contribution in [2.45, 2.75) is 6.92 Å². The number of methoxy groups -OCH3 is 1. The summed E-state index contributed by atoms with van der Waals surface area (Å²) >= 11 is 0. The van der Waals surface area contributed by atoms with E-state index in [0.29, 0.717) is 16.8 Å². The maximum absolute atomic E-state index is 12.7. The summed E-state index contributed by atoms with van der Waals surface area (Å²) in [7, 11) is 5.05. The lowest BCUT2D eigenvalue weighted by molar-refractivity contribution is 0.0826. The topological polar surface area (TPSA) is 58.6 Å². The van der Waals surface area contributed by atoms with Crippen LogP contribution in [0.25, 0.3) is 11.1 Å². The normalized spacial score (nSPS) is 10.3. The monoisotopic (exact) mass is 388 g/mol. The smallest absolute Gasteiger partial charge is 0.255 e. The average molecular weight is 388 g/mol. The minimum absolute atomic E-state index is 0.0974. The van der Waals surface area contributed by atoms with E-state index in [1.54, 1.807) is 51.5 Å². The number of hydrogen-bond acceptors (Lipinski definition) is 3. The van der Waals surface area contributed by atoms with E-state index in [2.05, 4.69) is 5.32 Å². The highest BCUT2D eigenvalue weighted by Crippen LogP contribution is 2.29. The molecule has 0 unspecified atom stereocenters. The molecule has 0 bridgehead atoms. The average Bonchev–Trinajstić information content (AvgIpc) is 2.74. The van der Waals surface area contributed by atoms with Crippen molar-refractivity contribution < 1.29 is 14.3 Å². The molecule has 1 N–H and O–H groups in total. The Morgan fingerprint density at radius 1 is 0.897 bits per heavy atom. The number of nitrogens with one attached hydrogen (secondary N) is 1. The molecule has 0 aliphatic carbocycles. The van der Waals surface area contributed by atoms with Crippen LogP contribution in [0, 0.1) is 6.92 Å². The molecule has 0 saturated heterocycles. The van der Waals surface area contributed by atoms with E-state index in [1.807, 2.05) is 43.3 Å². The van der Waals surface area contributed by atoms with Gasteiger partial charge in [0.15, 0.2) is 0 Å². The van der Waals surface area contributed by atoms with Gasteiger partial charge in [0.05, 0.1) is 7.11 Å². The summed E-state index contributed by atoms with van der Waals surface area (Å²) in [4.78, 5) is 26.5. The van der Waals surface area contributed by atoms with Crippen LogP contribution in [-0.2, 0) is 0 Å². The maximum Gasteiger partial charge on any atom is 0.255 e. The zero-order valence-electron chi connectivity index (χ0n) is 17.0. The van der Waals surface area contributed by atoms with Gasteiger partial charge in [0.2, 0.25) is 0 Å². The molecule has 29 heavy (non-hydrogen) atoms. The van der Waals surface area contributed by atoms with E-state index >= 15 is 0 Å². The third-order valence-corrected chi connectivity index (χ3v) is 4.78. The first kappa shape index (κ1) is 20.1. The summed E-state index contributed by atoms with van der Waals surface area (Å²) in [6.45, 7) is 1.83. The Bertz CT molecular complexity index is 1040. The van der Waals surface area contributed by atoms with Crippen LogP contribution < -0.4 is 10.1 Å². The number of amides is 2. The van der Waals surface area contributed by atoms with Crippen LogP contribution in [0.5, 0.6) is 5.75 Å². The molecule has 0 aliphatic heterocycles. The molecule has 148 valence electrons. The number of para-hydroxylation sites is 1. The number of ether oxygens (including phenoxy) is 1. The highest BCUT2D eigenvalue weighted by Gasteiger charge is 2.15. The summed E-state index contributed by atoms with van der Waals surface area (Å²) < 4.78 is 5.41. The molecule has 0 saturated carbocycles. The molecule has 3 rings (SSSR count). The zero-order chi connectivity index (χ0) is 21.0. The summed E-state index contributed by atoms with van der Waals surface area (Å²) in [5.41, 5.74) is 4.40. The summed E-state index contributed by atoms with van der Waals surface area (Å²) in [5.74, 6) is 0.455. The quantitative estimate of drug-likeness (QED) is 0.694. The van der Waals surface area contributed by atoms with E-state index in [4.69, 9.17) is 4.74 Å². The first-order chi connectivity index (χ1) is 13.9. The number of carbonyl (C=O) groups excluding carboxylic acids is 2. The van der Waals surface area contributed by atoms with Crippen molar-refractivity contribution in [1.29, 1.82) is 0 Å². The highest BCUT2D eigenvalue weighted by molar-refractivity contribution is 6.06. The van der Waals surface area contributed by atoms with E-state index in [1.165, 1.54) is 4.90 Å². The molecular weight excluding hydrogens is 364 g/mol. The van der Waals surface area contributed by atoms with E-state index in [-0.39, 0.29) is 11.8 Å². The second kappa shape index (κ2) is 8.61. The van der Waals surface area contributed by atoms with Crippen LogP contribution in [0.4, 0.5) is 5.69 Å². The van der Waals surface area contributed by atoms with Gasteiger partial charge < -0.3 is 15.0 Å². The summed E-state index contributed by atoms with van der Waals surface area (Å²) in [6.07, 6.45) is 0. The minimum Gasteiger partial charge on any atom is -0.496 e. The van der Waals surface area contributed by atoms with E-state index in [0.717, 1.165) is 22.4 Å². The largest absolute Gasteiger partial charge is 0.496 e. The molecule has 0 heterocycles. The van der Waals surface area contributed by atoms with Gasteiger partial charge in [0, 0.05) is 36.5 Å². The lowest BCUT2D eigenvalue weighted by Crippen LogP contribution is -2.23. The fourth-order valence-electron chi connectivity index (χ4n) is 3.12. The predicted molar refractivity (Wildman–Crippen MR) is 116 cm³/mol. The van der Waals surface area contributed by atoms with E-state index in [9.17, 15) is 9.59 Å². The maximum atomic E-state index is 12.7. The fraction of sp³-hybridized carbons (Fsp3) is 0.167. The van der Waals surface area contributed by atoms with Crippen LogP contribution in [0.3, 0.4) is 0 Å². The number of carbonyl (C=O) groups is 2. The first-order valence-corrected chi connectivity index (χ1v) is 9.28. The number of hydrogen-bond donors (Lipinski definition) is 1. The Balaban J connectivity index is 1.82. The fourth-order valence-corrected chi connectivity index (χ4v) is 3.12. The summed E-state index contributed by atoms with van der Waals surface area (Å²) in [6, 6.07) is 20.4. The van der Waals surface area contributed by atoms with Gasteiger partial charge in [0.1, 0.15) is 5.75 Å².